The van der Waals surface area contributed by atoms with Crippen molar-refractivity contribution in [1.29, 1.82) is 5.26 Å². The Morgan fingerprint density at radius 3 is 2.56 bits per heavy atom. The summed E-state index contributed by atoms with van der Waals surface area (Å²) < 4.78 is 0. The molecule has 9 heteroatoms. The number of aliphatic hydroxyl groups is 1. The number of aliphatic imine (C=N–C) groups is 2. The largest absolute Gasteiger partial charge is 0.481 e. The first-order chi connectivity index (χ1) is 19.1. The van der Waals surface area contributed by atoms with Gasteiger partial charge in [0.15, 0.2) is 0 Å². The van der Waals surface area contributed by atoms with Crippen LogP contribution >= 0.6 is 0 Å². The van der Waals surface area contributed by atoms with Gasteiger partial charge in [-0.15, -0.1) is 6.58 Å². The second-order valence-corrected chi connectivity index (χ2v) is 8.86. The first-order valence-electron chi connectivity index (χ1n) is 13.1. The number of carboxylic acids is 1. The Balaban J connectivity index is 0.00000260. The van der Waals surface area contributed by atoms with E-state index in [1.54, 1.807) is 18.6 Å². The molecular formula is C30H38N6O3. The molecule has 2 heterocycles. The highest BCUT2D eigenvalue weighted by Gasteiger charge is 2.24. The van der Waals surface area contributed by atoms with E-state index in [9.17, 15) is 9.90 Å². The van der Waals surface area contributed by atoms with Gasteiger partial charge >= 0.3 is 5.97 Å². The lowest BCUT2D eigenvalue weighted by molar-refractivity contribution is -0.137. The third-order valence-corrected chi connectivity index (χ3v) is 6.11. The molecule has 2 N–H and O–H groups in total. The summed E-state index contributed by atoms with van der Waals surface area (Å²) in [7, 11) is 0. The number of nitriles is 1. The van der Waals surface area contributed by atoms with Crippen LogP contribution in [0.3, 0.4) is 0 Å². The number of unbranched alkanes of at least 4 members (excludes halogenated alkanes) is 3. The summed E-state index contributed by atoms with van der Waals surface area (Å²) in [6, 6.07) is 11.6. The van der Waals surface area contributed by atoms with E-state index in [0.717, 1.165) is 56.8 Å². The molecule has 9 nitrogen and oxygen atoms in total. The number of hydrogen-bond acceptors (Lipinski definition) is 8. The molecule has 1 aromatic carbocycles. The number of aliphatic hydroxyl groups excluding tert-OH is 1. The zero-order chi connectivity index (χ0) is 28.3. The Kier molecular flexibility index (Phi) is 14.5. The number of aromatic nitrogens is 1. The van der Waals surface area contributed by atoms with Gasteiger partial charge in [-0.05, 0) is 68.0 Å². The van der Waals surface area contributed by atoms with Crippen molar-refractivity contribution in [2.75, 3.05) is 31.1 Å². The molecule has 0 saturated carbocycles. The van der Waals surface area contributed by atoms with Gasteiger partial charge in [-0.25, -0.2) is 10.2 Å². The molecule has 206 valence electrons. The van der Waals surface area contributed by atoms with Crippen LogP contribution in [-0.2, 0) is 4.79 Å². The predicted molar refractivity (Wildman–Crippen MR) is 157 cm³/mol. The Morgan fingerprint density at radius 1 is 1.08 bits per heavy atom. The minimum Gasteiger partial charge on any atom is -0.481 e. The second-order valence-electron chi connectivity index (χ2n) is 8.86. The first-order valence-corrected chi connectivity index (χ1v) is 13.1. The number of hydrogen-bond donors (Lipinski definition) is 2. The molecule has 3 rings (SSSR count). The molecule has 1 unspecified atom stereocenters. The maximum absolute atomic E-state index is 11.1. The normalized spacial score (nSPS) is 14.9. The van der Waals surface area contributed by atoms with Crippen LogP contribution in [0.4, 0.5) is 17.2 Å². The topological polar surface area (TPSA) is 125 Å². The smallest absolute Gasteiger partial charge is 0.303 e. The Hall–Kier alpha value is -4.13. The standard InChI is InChI=1S/C29H37N5O3.CHN/c1-2-3-4-5-9-16-30-25-15-14-24(23-26(25)31-17-10-6-7-13-28(35)36)29(37)34-21-19-33(20-22-34)27-12-8-11-18-32-27;1-2/h2,5,8-9,11-12,14-18,23,29,37H,1,3-4,6-7,10,13,19-22H2,(H,35,36);1H/b9-5+,30-16?,31-17?;. The van der Waals surface area contributed by atoms with Crippen molar-refractivity contribution in [3.63, 3.8) is 0 Å². The number of carboxylic acid groups (broad SMARTS) is 1. The van der Waals surface area contributed by atoms with E-state index in [1.165, 1.54) is 0 Å². The van der Waals surface area contributed by atoms with Crippen molar-refractivity contribution >= 4 is 35.6 Å². The summed E-state index contributed by atoms with van der Waals surface area (Å²) in [4.78, 5) is 28.6. The highest BCUT2D eigenvalue weighted by Crippen LogP contribution is 2.32. The molecule has 1 aliphatic heterocycles. The monoisotopic (exact) mass is 530 g/mol. The van der Waals surface area contributed by atoms with Gasteiger partial charge in [0.2, 0.25) is 0 Å². The molecule has 0 radical (unpaired) electrons. The summed E-state index contributed by atoms with van der Waals surface area (Å²) in [6.07, 6.45) is 14.5. The van der Waals surface area contributed by atoms with Gasteiger partial charge < -0.3 is 15.1 Å². The van der Waals surface area contributed by atoms with E-state index >= 15 is 0 Å². The van der Waals surface area contributed by atoms with E-state index in [0.29, 0.717) is 24.2 Å². The van der Waals surface area contributed by atoms with Crippen molar-refractivity contribution < 1.29 is 15.0 Å². The number of benzene rings is 1. The second kappa shape index (κ2) is 18.2. The maximum atomic E-state index is 11.1. The van der Waals surface area contributed by atoms with E-state index in [1.807, 2.05) is 54.6 Å². The van der Waals surface area contributed by atoms with Crippen molar-refractivity contribution in [3.05, 3.63) is 73.0 Å². The van der Waals surface area contributed by atoms with Gasteiger partial charge in [-0.1, -0.05) is 24.3 Å². The fourth-order valence-electron chi connectivity index (χ4n) is 4.03. The Labute approximate surface area is 231 Å². The number of anilines is 1. The Bertz CT molecular complexity index is 1120. The fraction of sp³-hybridized carbons (Fsp3) is 0.367. The molecular weight excluding hydrogens is 492 g/mol. The maximum Gasteiger partial charge on any atom is 0.303 e. The van der Waals surface area contributed by atoms with E-state index in [-0.39, 0.29) is 6.42 Å². The van der Waals surface area contributed by atoms with Crippen LogP contribution in [0.1, 0.15) is 50.3 Å². The summed E-state index contributed by atoms with van der Waals surface area (Å²) in [5, 5.41) is 26.4. The number of pyridine rings is 1. The van der Waals surface area contributed by atoms with Gasteiger partial charge in [0.1, 0.15) is 12.0 Å². The summed E-state index contributed by atoms with van der Waals surface area (Å²) in [5.74, 6) is 0.176. The van der Waals surface area contributed by atoms with E-state index in [4.69, 9.17) is 10.4 Å². The molecule has 2 aromatic rings. The Morgan fingerprint density at radius 2 is 1.87 bits per heavy atom. The van der Waals surface area contributed by atoms with Crippen molar-refractivity contribution in [1.82, 2.24) is 9.88 Å². The predicted octanol–water partition coefficient (Wildman–Crippen LogP) is 5.61. The van der Waals surface area contributed by atoms with E-state index in [2.05, 4.69) is 37.9 Å². The van der Waals surface area contributed by atoms with Gasteiger partial charge in [0.25, 0.3) is 0 Å². The lowest BCUT2D eigenvalue weighted by atomic mass is 10.1. The molecule has 0 bridgehead atoms. The van der Waals surface area contributed by atoms with Crippen LogP contribution < -0.4 is 4.90 Å². The van der Waals surface area contributed by atoms with Crippen LogP contribution in [-0.4, -0.2) is 64.7 Å². The lowest BCUT2D eigenvalue weighted by Crippen LogP contribution is -2.47. The molecule has 1 aliphatic rings. The van der Waals surface area contributed by atoms with Crippen LogP contribution in [0.25, 0.3) is 0 Å². The zero-order valence-electron chi connectivity index (χ0n) is 22.3. The quantitative estimate of drug-likeness (QED) is 0.185. The SMILES string of the molecule is C#N.C=CCC/C=C/C=Nc1ccc(C(O)N2CCN(c3ccccn3)CC2)cc1N=CCCCCC(=O)O. The van der Waals surface area contributed by atoms with Crippen molar-refractivity contribution in [3.8, 4) is 6.57 Å². The third-order valence-electron chi connectivity index (χ3n) is 6.11. The number of carbonyl (C=O) groups is 1. The summed E-state index contributed by atoms with van der Waals surface area (Å²) in [6.45, 7) is 10.2. The minimum atomic E-state index is -0.780. The van der Waals surface area contributed by atoms with Gasteiger partial charge in [-0.2, -0.15) is 0 Å². The molecule has 0 spiro atoms. The highest BCUT2D eigenvalue weighted by molar-refractivity contribution is 5.79. The minimum absolute atomic E-state index is 0.164. The number of allylic oxidation sites excluding steroid dienone is 3. The van der Waals surface area contributed by atoms with E-state index < -0.39 is 12.2 Å². The number of nitrogens with zero attached hydrogens (tertiary/aromatic N) is 6. The first kappa shape index (κ1) is 31.1. The zero-order valence-corrected chi connectivity index (χ0v) is 22.3. The summed E-state index contributed by atoms with van der Waals surface area (Å²) >= 11 is 0. The number of piperazine rings is 1. The van der Waals surface area contributed by atoms with Crippen LogP contribution in [0, 0.1) is 11.8 Å². The van der Waals surface area contributed by atoms with Crippen molar-refractivity contribution in [2.24, 2.45) is 9.98 Å². The molecule has 1 atom stereocenters. The summed E-state index contributed by atoms with van der Waals surface area (Å²) in [5.41, 5.74) is 2.16. The number of rotatable bonds is 14. The molecule has 1 fully saturated rings. The molecule has 0 aliphatic carbocycles. The van der Waals surface area contributed by atoms with Crippen molar-refractivity contribution in [2.45, 2.75) is 44.8 Å². The molecule has 0 amide bonds. The van der Waals surface area contributed by atoms with Crippen LogP contribution in [0.5, 0.6) is 0 Å². The van der Waals surface area contributed by atoms with Gasteiger partial charge in [0.05, 0.1) is 11.4 Å². The lowest BCUT2D eigenvalue weighted by Gasteiger charge is -2.37. The number of aliphatic carboxylic acids is 1. The fourth-order valence-corrected chi connectivity index (χ4v) is 4.03. The van der Waals surface area contributed by atoms with Crippen LogP contribution in [0.2, 0.25) is 0 Å². The van der Waals surface area contributed by atoms with Crippen LogP contribution in [0.15, 0.2) is 77.4 Å². The molecule has 1 aromatic heterocycles. The third kappa shape index (κ3) is 11.0. The average molecular weight is 531 g/mol. The average Bonchev–Trinajstić information content (AvgIpc) is 2.98. The highest BCUT2D eigenvalue weighted by atomic mass is 16.4. The van der Waals surface area contributed by atoms with Gasteiger partial charge in [-0.3, -0.25) is 19.7 Å². The molecule has 1 saturated heterocycles. The molecule has 39 heavy (non-hydrogen) atoms. The van der Waals surface area contributed by atoms with Gasteiger partial charge in [0, 0.05) is 57.8 Å².